The van der Waals surface area contributed by atoms with Crippen LogP contribution in [0.2, 0.25) is 0 Å². The Balaban J connectivity index is 1.27. The molecule has 1 amide bonds. The van der Waals surface area contributed by atoms with Crippen molar-refractivity contribution in [1.29, 1.82) is 0 Å². The van der Waals surface area contributed by atoms with Crippen LogP contribution in [0.1, 0.15) is 25.8 Å². The molecule has 1 N–H and O–H groups in total. The molecule has 3 unspecified atom stereocenters. The molecule has 3 aromatic rings. The Bertz CT molecular complexity index is 1160. The molecular formula is C21H23F2N7O2. The number of piperazine rings is 1. The number of aliphatic hydroxyl groups excluding tert-OH is 1. The first kappa shape index (κ1) is 19.6. The van der Waals surface area contributed by atoms with E-state index in [9.17, 15) is 18.7 Å². The lowest BCUT2D eigenvalue weighted by Crippen LogP contribution is -2.56. The second-order valence-corrected chi connectivity index (χ2v) is 8.95. The topological polar surface area (TPSA) is 91.8 Å². The lowest BCUT2D eigenvalue weighted by atomic mass is 10.1. The fraction of sp³-hybridized carbons (Fsp3) is 0.524. The zero-order valence-electron chi connectivity index (χ0n) is 17.3. The lowest BCUT2D eigenvalue weighted by molar-refractivity contribution is -0.136. The van der Waals surface area contributed by atoms with Gasteiger partial charge in [0.15, 0.2) is 5.82 Å². The van der Waals surface area contributed by atoms with Gasteiger partial charge in [-0.2, -0.15) is 19.0 Å². The quantitative estimate of drug-likeness (QED) is 0.647. The van der Waals surface area contributed by atoms with Crippen molar-refractivity contribution in [2.24, 2.45) is 11.8 Å². The zero-order chi connectivity index (χ0) is 22.0. The summed E-state index contributed by atoms with van der Waals surface area (Å²) in [6, 6.07) is 2.15. The van der Waals surface area contributed by atoms with Gasteiger partial charge < -0.3 is 14.9 Å². The molecule has 2 bridgehead atoms. The smallest absolute Gasteiger partial charge is 0.333 e. The summed E-state index contributed by atoms with van der Waals surface area (Å²) in [5.74, 6) is 1.05. The molecule has 2 aliphatic heterocycles. The van der Waals surface area contributed by atoms with E-state index in [0.717, 1.165) is 36.2 Å². The SMILES string of the molecule is O=C(C1C[C@H]1CO)N1C2CCC1CN(c1ncnn3cc(-c4cnn(C(F)F)c4)cc13)C2. The summed E-state index contributed by atoms with van der Waals surface area (Å²) in [6.07, 6.45) is 8.71. The van der Waals surface area contributed by atoms with Crippen LogP contribution in [0.3, 0.4) is 0 Å². The maximum atomic E-state index is 13.0. The zero-order valence-corrected chi connectivity index (χ0v) is 17.3. The van der Waals surface area contributed by atoms with Gasteiger partial charge in [0.1, 0.15) is 11.8 Å². The molecule has 3 fully saturated rings. The number of carbonyl (C=O) groups excluding carboxylic acids is 1. The molecule has 1 saturated carbocycles. The monoisotopic (exact) mass is 443 g/mol. The van der Waals surface area contributed by atoms with E-state index >= 15 is 0 Å². The molecular weight excluding hydrogens is 420 g/mol. The summed E-state index contributed by atoms with van der Waals surface area (Å²) in [5.41, 5.74) is 2.10. The summed E-state index contributed by atoms with van der Waals surface area (Å²) in [5, 5.41) is 17.3. The largest absolute Gasteiger partial charge is 0.396 e. The Labute approximate surface area is 182 Å². The van der Waals surface area contributed by atoms with Crippen LogP contribution in [0.5, 0.6) is 0 Å². The predicted octanol–water partition coefficient (Wildman–Crippen LogP) is 1.80. The molecule has 11 heteroatoms. The molecule has 0 aromatic carbocycles. The molecule has 4 atom stereocenters. The molecule has 168 valence electrons. The number of aromatic nitrogens is 5. The summed E-state index contributed by atoms with van der Waals surface area (Å²) in [7, 11) is 0. The molecule has 5 heterocycles. The van der Waals surface area contributed by atoms with Crippen molar-refractivity contribution in [3.63, 3.8) is 0 Å². The third-order valence-electron chi connectivity index (χ3n) is 7.03. The van der Waals surface area contributed by atoms with E-state index < -0.39 is 6.55 Å². The Morgan fingerprint density at radius 3 is 2.59 bits per heavy atom. The number of fused-ring (bicyclic) bond motifs is 3. The normalized spacial score (nSPS) is 27.0. The van der Waals surface area contributed by atoms with Gasteiger partial charge in [-0.1, -0.05) is 0 Å². The average molecular weight is 443 g/mol. The molecule has 9 nitrogen and oxygen atoms in total. The summed E-state index contributed by atoms with van der Waals surface area (Å²) >= 11 is 0. The minimum absolute atomic E-state index is 0.0252. The first-order valence-electron chi connectivity index (χ1n) is 10.9. The van der Waals surface area contributed by atoms with Crippen molar-refractivity contribution in [3.05, 3.63) is 31.0 Å². The third-order valence-corrected chi connectivity index (χ3v) is 7.03. The molecule has 6 rings (SSSR count). The van der Waals surface area contributed by atoms with Gasteiger partial charge in [-0.3, -0.25) is 4.79 Å². The minimum Gasteiger partial charge on any atom is -0.396 e. The highest BCUT2D eigenvalue weighted by molar-refractivity contribution is 5.83. The van der Waals surface area contributed by atoms with E-state index in [0.29, 0.717) is 23.3 Å². The van der Waals surface area contributed by atoms with Crippen LogP contribution in [-0.4, -0.2) is 72.1 Å². The Morgan fingerprint density at radius 1 is 1.16 bits per heavy atom. The van der Waals surface area contributed by atoms with Crippen molar-refractivity contribution in [3.8, 4) is 11.1 Å². The van der Waals surface area contributed by atoms with Crippen molar-refractivity contribution in [1.82, 2.24) is 29.3 Å². The summed E-state index contributed by atoms with van der Waals surface area (Å²) < 4.78 is 28.1. The minimum atomic E-state index is -2.69. The number of amides is 1. The summed E-state index contributed by atoms with van der Waals surface area (Å²) in [6.45, 7) is -1.23. The second kappa shape index (κ2) is 7.22. The van der Waals surface area contributed by atoms with Gasteiger partial charge in [-0.15, -0.1) is 0 Å². The first-order valence-corrected chi connectivity index (χ1v) is 10.9. The van der Waals surface area contributed by atoms with E-state index in [4.69, 9.17) is 0 Å². The van der Waals surface area contributed by atoms with Gasteiger partial charge in [0.25, 0.3) is 0 Å². The average Bonchev–Trinajstić information content (AvgIpc) is 3.09. The highest BCUT2D eigenvalue weighted by Crippen LogP contribution is 2.43. The first-order chi connectivity index (χ1) is 15.5. The van der Waals surface area contributed by atoms with Gasteiger partial charge in [0.2, 0.25) is 5.91 Å². The van der Waals surface area contributed by atoms with Crippen LogP contribution in [0.25, 0.3) is 16.6 Å². The molecule has 2 saturated heterocycles. The van der Waals surface area contributed by atoms with Crippen LogP contribution in [0.4, 0.5) is 14.6 Å². The van der Waals surface area contributed by atoms with E-state index in [1.807, 2.05) is 6.07 Å². The number of halogens is 2. The van der Waals surface area contributed by atoms with Gasteiger partial charge in [-0.05, 0) is 31.2 Å². The van der Waals surface area contributed by atoms with Gasteiger partial charge in [-0.25, -0.2) is 14.2 Å². The van der Waals surface area contributed by atoms with E-state index in [-0.39, 0.29) is 36.4 Å². The van der Waals surface area contributed by atoms with Gasteiger partial charge in [0, 0.05) is 61.2 Å². The van der Waals surface area contributed by atoms with Crippen LogP contribution < -0.4 is 4.90 Å². The maximum Gasteiger partial charge on any atom is 0.333 e. The fourth-order valence-corrected chi connectivity index (χ4v) is 5.29. The molecule has 3 aliphatic rings. The van der Waals surface area contributed by atoms with Crippen LogP contribution >= 0.6 is 0 Å². The standard InChI is InChI=1S/C21H23F2N7O2/c22-21(23)29-7-14(5-25-29)12-4-18-19(24-11-26-28(18)6-12)27-8-15-1-2-16(9-27)30(15)20(32)17-3-13(17)10-31/h4-7,11,13,15-17,21,31H,1-3,8-10H2/t13-,15?,16?,17?/m0/s1. The number of alkyl halides is 2. The number of rotatable bonds is 5. The van der Waals surface area contributed by atoms with Crippen LogP contribution in [0.15, 0.2) is 31.0 Å². The van der Waals surface area contributed by atoms with E-state index in [1.165, 1.54) is 18.7 Å². The Morgan fingerprint density at radius 2 is 1.94 bits per heavy atom. The number of aliphatic hydroxyl groups is 1. The van der Waals surface area contributed by atoms with Crippen molar-refractivity contribution >= 4 is 17.2 Å². The van der Waals surface area contributed by atoms with Gasteiger partial charge in [0.05, 0.1) is 6.20 Å². The molecule has 0 spiro atoms. The van der Waals surface area contributed by atoms with Crippen molar-refractivity contribution in [2.45, 2.75) is 37.9 Å². The number of carbonyl (C=O) groups is 1. The molecule has 3 aromatic heterocycles. The fourth-order valence-electron chi connectivity index (χ4n) is 5.29. The predicted molar refractivity (Wildman–Crippen MR) is 110 cm³/mol. The molecule has 0 radical (unpaired) electrons. The van der Waals surface area contributed by atoms with Crippen LogP contribution in [0, 0.1) is 11.8 Å². The number of hydrogen-bond donors (Lipinski definition) is 1. The Kier molecular flexibility index (Phi) is 4.42. The number of anilines is 1. The number of nitrogens with zero attached hydrogens (tertiary/aromatic N) is 7. The number of hydrogen-bond acceptors (Lipinski definition) is 6. The molecule has 1 aliphatic carbocycles. The maximum absolute atomic E-state index is 13.0. The van der Waals surface area contributed by atoms with Crippen LogP contribution in [-0.2, 0) is 4.79 Å². The Hall–Kier alpha value is -3.08. The highest BCUT2D eigenvalue weighted by Gasteiger charge is 2.51. The highest BCUT2D eigenvalue weighted by atomic mass is 19.3. The molecule has 32 heavy (non-hydrogen) atoms. The van der Waals surface area contributed by atoms with Gasteiger partial charge >= 0.3 is 6.55 Å². The van der Waals surface area contributed by atoms with E-state index in [2.05, 4.69) is 25.0 Å². The van der Waals surface area contributed by atoms with Crippen molar-refractivity contribution in [2.75, 3.05) is 24.6 Å². The van der Waals surface area contributed by atoms with Crippen molar-refractivity contribution < 1.29 is 18.7 Å². The van der Waals surface area contributed by atoms with E-state index in [1.54, 1.807) is 10.7 Å². The second-order valence-electron chi connectivity index (χ2n) is 8.95. The summed E-state index contributed by atoms with van der Waals surface area (Å²) in [4.78, 5) is 21.7. The third kappa shape index (κ3) is 3.06. The lowest BCUT2D eigenvalue weighted by Gasteiger charge is -2.42.